The number of pyridine rings is 1. The second kappa shape index (κ2) is 3.80. The molecular weight excluding hydrogens is 222 g/mol. The highest BCUT2D eigenvalue weighted by Gasteiger charge is 2.21. The summed E-state index contributed by atoms with van der Waals surface area (Å²) in [6.07, 6.45) is 2.57. The third kappa shape index (κ3) is 1.55. The highest BCUT2D eigenvalue weighted by molar-refractivity contribution is 6.20. The number of aromatic nitrogens is 1. The molecule has 0 saturated carbocycles. The van der Waals surface area contributed by atoms with Gasteiger partial charge in [0.1, 0.15) is 5.75 Å². The van der Waals surface area contributed by atoms with Crippen LogP contribution in [0, 0.1) is 0 Å². The Labute approximate surface area is 98.8 Å². The summed E-state index contributed by atoms with van der Waals surface area (Å²) in [7, 11) is 0. The molecule has 0 fully saturated rings. The average molecular weight is 232 g/mol. The first-order valence-corrected chi connectivity index (χ1v) is 5.60. The molecule has 1 aromatic carbocycles. The molecule has 80 valence electrons. The number of fused-ring (bicyclic) bond motifs is 2. The van der Waals surface area contributed by atoms with Crippen LogP contribution in [0.4, 0.5) is 0 Å². The van der Waals surface area contributed by atoms with Crippen LogP contribution in [0.5, 0.6) is 5.75 Å². The van der Waals surface area contributed by atoms with E-state index in [4.69, 9.17) is 16.3 Å². The molecular formula is C13H10ClNO. The summed E-state index contributed by atoms with van der Waals surface area (Å²) < 4.78 is 5.69. The molecule has 0 spiro atoms. The van der Waals surface area contributed by atoms with Crippen molar-refractivity contribution < 1.29 is 4.74 Å². The van der Waals surface area contributed by atoms with E-state index in [0.29, 0.717) is 0 Å². The average Bonchev–Trinajstić information content (AvgIpc) is 2.45. The molecule has 2 nitrogen and oxygen atoms in total. The number of benzene rings is 1. The van der Waals surface area contributed by atoms with Crippen LogP contribution in [0.3, 0.4) is 0 Å². The summed E-state index contributed by atoms with van der Waals surface area (Å²) in [5.41, 5.74) is 2.60. The highest BCUT2D eigenvalue weighted by Crippen LogP contribution is 2.34. The smallest absolute Gasteiger partial charge is 0.214 e. The maximum absolute atomic E-state index is 6.19. The van der Waals surface area contributed by atoms with Crippen molar-refractivity contribution in [1.82, 2.24) is 4.98 Å². The van der Waals surface area contributed by atoms with Gasteiger partial charge in [-0.15, -0.1) is 0 Å². The van der Waals surface area contributed by atoms with Crippen molar-refractivity contribution in [1.29, 1.82) is 0 Å². The van der Waals surface area contributed by atoms with Gasteiger partial charge in [0, 0.05) is 12.6 Å². The van der Waals surface area contributed by atoms with Crippen LogP contribution in [0.1, 0.15) is 22.4 Å². The van der Waals surface area contributed by atoms with E-state index >= 15 is 0 Å². The fourth-order valence-electron chi connectivity index (χ4n) is 1.94. The monoisotopic (exact) mass is 231 g/mol. The Balaban J connectivity index is 2.15. The molecule has 3 rings (SSSR count). The van der Waals surface area contributed by atoms with Gasteiger partial charge in [-0.2, -0.15) is 0 Å². The Morgan fingerprint density at radius 2 is 1.94 bits per heavy atom. The van der Waals surface area contributed by atoms with Gasteiger partial charge in [-0.3, -0.25) is 4.98 Å². The van der Waals surface area contributed by atoms with Gasteiger partial charge < -0.3 is 4.74 Å². The summed E-state index contributed by atoms with van der Waals surface area (Å²) >= 11 is 6.19. The zero-order chi connectivity index (χ0) is 11.0. The van der Waals surface area contributed by atoms with Crippen molar-refractivity contribution in [2.45, 2.75) is 12.0 Å². The lowest BCUT2D eigenvalue weighted by atomic mass is 10.0. The molecule has 1 aromatic heterocycles. The lowest BCUT2D eigenvalue weighted by Crippen LogP contribution is -2.03. The largest absolute Gasteiger partial charge is 0.468 e. The Morgan fingerprint density at radius 3 is 2.88 bits per heavy atom. The number of hydrogen-bond acceptors (Lipinski definition) is 2. The van der Waals surface area contributed by atoms with Crippen LogP contribution in [-0.2, 0) is 6.42 Å². The molecule has 0 amide bonds. The predicted octanol–water partition coefficient (Wildman–Crippen LogP) is 3.30. The molecule has 1 atom stereocenters. The zero-order valence-electron chi connectivity index (χ0n) is 8.56. The standard InChI is InChI=1S/C13H10ClNO/c14-13-12-10(5-3-7-15-12)8-9-4-1-2-6-11(9)16-13/h1-7,13H,8H2. The molecule has 3 heteroatoms. The van der Waals surface area contributed by atoms with E-state index in [-0.39, 0.29) is 0 Å². The number of ether oxygens (including phenoxy) is 1. The number of rotatable bonds is 0. The van der Waals surface area contributed by atoms with Crippen LogP contribution >= 0.6 is 11.6 Å². The molecule has 0 saturated heterocycles. The topological polar surface area (TPSA) is 22.1 Å². The summed E-state index contributed by atoms with van der Waals surface area (Å²) in [5.74, 6) is 0.848. The van der Waals surface area contributed by atoms with Crippen molar-refractivity contribution in [2.75, 3.05) is 0 Å². The van der Waals surface area contributed by atoms with Crippen molar-refractivity contribution in [3.63, 3.8) is 0 Å². The molecule has 0 bridgehead atoms. The maximum atomic E-state index is 6.19. The molecule has 1 aliphatic heterocycles. The molecule has 2 heterocycles. The lowest BCUT2D eigenvalue weighted by Gasteiger charge is -2.11. The number of hydrogen-bond donors (Lipinski definition) is 0. The van der Waals surface area contributed by atoms with Crippen LogP contribution in [-0.4, -0.2) is 4.98 Å². The van der Waals surface area contributed by atoms with Crippen LogP contribution in [0.2, 0.25) is 0 Å². The fraction of sp³-hybridized carbons (Fsp3) is 0.154. The number of nitrogens with zero attached hydrogens (tertiary/aromatic N) is 1. The zero-order valence-corrected chi connectivity index (χ0v) is 9.32. The highest BCUT2D eigenvalue weighted by atomic mass is 35.5. The first kappa shape index (κ1) is 9.67. The predicted molar refractivity (Wildman–Crippen MR) is 62.7 cm³/mol. The van der Waals surface area contributed by atoms with Gasteiger partial charge in [-0.25, -0.2) is 0 Å². The minimum atomic E-state index is -0.500. The molecule has 0 aliphatic carbocycles. The number of para-hydroxylation sites is 1. The van der Waals surface area contributed by atoms with Gasteiger partial charge in [-0.1, -0.05) is 35.9 Å². The summed E-state index contributed by atoms with van der Waals surface area (Å²) in [4.78, 5) is 4.29. The number of halogens is 1. The van der Waals surface area contributed by atoms with Gasteiger partial charge >= 0.3 is 0 Å². The van der Waals surface area contributed by atoms with Crippen molar-refractivity contribution >= 4 is 11.6 Å². The van der Waals surface area contributed by atoms with E-state index in [1.807, 2.05) is 30.3 Å². The Hall–Kier alpha value is -1.54. The molecule has 1 aliphatic rings. The second-order valence-electron chi connectivity index (χ2n) is 3.77. The van der Waals surface area contributed by atoms with Gasteiger partial charge in [0.25, 0.3) is 0 Å². The van der Waals surface area contributed by atoms with E-state index in [1.54, 1.807) is 6.20 Å². The Bertz CT molecular complexity index is 527. The second-order valence-corrected chi connectivity index (χ2v) is 4.16. The van der Waals surface area contributed by atoms with Crippen molar-refractivity contribution in [2.24, 2.45) is 0 Å². The van der Waals surface area contributed by atoms with Gasteiger partial charge in [0.05, 0.1) is 5.69 Å². The van der Waals surface area contributed by atoms with E-state index in [2.05, 4.69) is 11.1 Å². The summed E-state index contributed by atoms with van der Waals surface area (Å²) in [6.45, 7) is 0. The van der Waals surface area contributed by atoms with Crippen LogP contribution < -0.4 is 4.74 Å². The van der Waals surface area contributed by atoms with Crippen molar-refractivity contribution in [3.8, 4) is 5.75 Å². The van der Waals surface area contributed by atoms with E-state index in [1.165, 1.54) is 0 Å². The lowest BCUT2D eigenvalue weighted by molar-refractivity contribution is 0.284. The van der Waals surface area contributed by atoms with E-state index in [0.717, 1.165) is 29.0 Å². The molecule has 0 N–H and O–H groups in total. The molecule has 0 radical (unpaired) electrons. The first-order valence-electron chi connectivity index (χ1n) is 5.17. The normalized spacial score (nSPS) is 17.9. The summed E-state index contributed by atoms with van der Waals surface area (Å²) in [5, 5.41) is 0. The third-order valence-electron chi connectivity index (χ3n) is 2.73. The third-order valence-corrected chi connectivity index (χ3v) is 3.02. The molecule has 2 aromatic rings. The quantitative estimate of drug-likeness (QED) is 0.649. The van der Waals surface area contributed by atoms with Crippen LogP contribution in [0.15, 0.2) is 42.6 Å². The molecule has 16 heavy (non-hydrogen) atoms. The Kier molecular flexibility index (Phi) is 2.29. The Morgan fingerprint density at radius 1 is 1.12 bits per heavy atom. The minimum absolute atomic E-state index is 0.500. The molecule has 1 unspecified atom stereocenters. The maximum Gasteiger partial charge on any atom is 0.214 e. The minimum Gasteiger partial charge on any atom is -0.468 e. The SMILES string of the molecule is ClC1Oc2ccccc2Cc2cccnc21. The van der Waals surface area contributed by atoms with Gasteiger partial charge in [0.15, 0.2) is 0 Å². The van der Waals surface area contributed by atoms with Gasteiger partial charge in [-0.05, 0) is 23.3 Å². The van der Waals surface area contributed by atoms with Gasteiger partial charge in [0.2, 0.25) is 5.56 Å². The van der Waals surface area contributed by atoms with Crippen LogP contribution in [0.25, 0.3) is 0 Å². The van der Waals surface area contributed by atoms with E-state index < -0.39 is 5.56 Å². The summed E-state index contributed by atoms with van der Waals surface area (Å²) in [6, 6.07) is 11.9. The van der Waals surface area contributed by atoms with E-state index in [9.17, 15) is 0 Å². The number of alkyl halides is 1. The first-order chi connectivity index (χ1) is 7.84. The fourth-order valence-corrected chi connectivity index (χ4v) is 2.23. The van der Waals surface area contributed by atoms with Crippen molar-refractivity contribution in [3.05, 3.63) is 59.4 Å².